The Balaban J connectivity index is 1.67. The summed E-state index contributed by atoms with van der Waals surface area (Å²) in [5.74, 6) is -2.73. The van der Waals surface area contributed by atoms with E-state index in [0.29, 0.717) is 31.0 Å². The average molecular weight is 495 g/mol. The molecule has 0 spiro atoms. The normalized spacial score (nSPS) is 12.4. The number of primary amides is 1. The summed E-state index contributed by atoms with van der Waals surface area (Å²) in [5, 5.41) is 7.55. The molecule has 0 radical (unpaired) electrons. The first-order valence-electron chi connectivity index (χ1n) is 11.3. The number of carbonyl (C=O) groups is 3. The number of hydrogen-bond acceptors (Lipinski definition) is 6. The molecule has 35 heavy (non-hydrogen) atoms. The maximum atomic E-state index is 13.0. The molecule has 0 aliphatic rings. The number of benzene rings is 2. The predicted octanol–water partition coefficient (Wildman–Crippen LogP) is 2.39. The third-order valence-electron chi connectivity index (χ3n) is 5.48. The summed E-state index contributed by atoms with van der Waals surface area (Å²) in [6, 6.07) is 18.0. The maximum Gasteiger partial charge on any atom is 0.237 e. The lowest BCUT2D eigenvalue weighted by molar-refractivity contribution is -0.130. The molecule has 0 aliphatic carbocycles. The van der Waals surface area contributed by atoms with Gasteiger partial charge in [-0.25, -0.2) is 0 Å². The van der Waals surface area contributed by atoms with Crippen molar-refractivity contribution < 1.29 is 19.1 Å². The van der Waals surface area contributed by atoms with Gasteiger partial charge in [-0.1, -0.05) is 42.5 Å². The van der Waals surface area contributed by atoms with E-state index in [1.54, 1.807) is 24.3 Å². The molecule has 6 N–H and O–H groups in total. The number of rotatable bonds is 12. The minimum atomic E-state index is -1.18. The Hall–Kier alpha value is -3.69. The van der Waals surface area contributed by atoms with Crippen LogP contribution < -0.4 is 26.8 Å². The molecule has 3 rings (SSSR count). The fourth-order valence-corrected chi connectivity index (χ4v) is 4.42. The summed E-state index contributed by atoms with van der Waals surface area (Å²) in [6.45, 7) is 3.19. The number of nitrogens with two attached hydrogens (primary N) is 2. The Morgan fingerprint density at radius 3 is 2.20 bits per heavy atom. The largest absolute Gasteiger partial charge is 0.494 e. The molecule has 0 saturated carbocycles. The monoisotopic (exact) mass is 494 g/mol. The van der Waals surface area contributed by atoms with Crippen LogP contribution in [0, 0.1) is 0 Å². The van der Waals surface area contributed by atoms with Crippen molar-refractivity contribution in [3.05, 3.63) is 87.6 Å². The second-order valence-electron chi connectivity index (χ2n) is 7.89. The Bertz CT molecular complexity index is 1120. The Morgan fingerprint density at radius 2 is 1.63 bits per heavy atom. The third-order valence-corrected chi connectivity index (χ3v) is 6.47. The van der Waals surface area contributed by atoms with Crippen LogP contribution in [-0.4, -0.2) is 30.9 Å². The minimum absolute atomic E-state index is 0.0259. The van der Waals surface area contributed by atoms with E-state index in [9.17, 15) is 14.4 Å². The zero-order valence-electron chi connectivity index (χ0n) is 19.5. The molecule has 1 heterocycles. The van der Waals surface area contributed by atoms with Gasteiger partial charge in [0.2, 0.25) is 17.7 Å². The summed E-state index contributed by atoms with van der Waals surface area (Å²) in [4.78, 5) is 38.9. The van der Waals surface area contributed by atoms with E-state index in [-0.39, 0.29) is 12.5 Å². The van der Waals surface area contributed by atoms with Gasteiger partial charge in [-0.3, -0.25) is 14.4 Å². The van der Waals surface area contributed by atoms with Crippen molar-refractivity contribution in [2.45, 2.75) is 31.8 Å². The van der Waals surface area contributed by atoms with Crippen molar-refractivity contribution in [1.82, 2.24) is 10.6 Å². The fraction of sp³-hybridized carbons (Fsp3) is 0.269. The number of thiophene rings is 1. The van der Waals surface area contributed by atoms with Crippen LogP contribution >= 0.6 is 11.3 Å². The van der Waals surface area contributed by atoms with E-state index >= 15 is 0 Å². The molecular weight excluding hydrogens is 464 g/mol. The van der Waals surface area contributed by atoms with Crippen LogP contribution in [0.1, 0.15) is 40.3 Å². The first-order valence-corrected chi connectivity index (χ1v) is 12.2. The Labute approximate surface area is 208 Å². The average Bonchev–Trinajstić information content (AvgIpc) is 3.39. The van der Waals surface area contributed by atoms with Gasteiger partial charge >= 0.3 is 0 Å². The van der Waals surface area contributed by atoms with Crippen LogP contribution in [0.15, 0.2) is 66.0 Å². The topological polar surface area (TPSA) is 137 Å². The molecule has 1 aromatic heterocycles. The van der Waals surface area contributed by atoms with Crippen LogP contribution in [0.4, 0.5) is 0 Å². The van der Waals surface area contributed by atoms with Crippen molar-refractivity contribution in [3.8, 4) is 5.75 Å². The highest BCUT2D eigenvalue weighted by atomic mass is 32.1. The van der Waals surface area contributed by atoms with Gasteiger partial charge in [-0.15, -0.1) is 11.3 Å². The van der Waals surface area contributed by atoms with E-state index in [2.05, 4.69) is 10.6 Å². The van der Waals surface area contributed by atoms with E-state index < -0.39 is 23.7 Å². The summed E-state index contributed by atoms with van der Waals surface area (Å²) >= 11 is 1.42. The van der Waals surface area contributed by atoms with Gasteiger partial charge < -0.3 is 26.8 Å². The van der Waals surface area contributed by atoms with E-state index in [1.807, 2.05) is 48.7 Å². The van der Waals surface area contributed by atoms with Gasteiger partial charge in [0.1, 0.15) is 11.7 Å². The second-order valence-corrected chi connectivity index (χ2v) is 8.87. The van der Waals surface area contributed by atoms with Gasteiger partial charge in [-0.05, 0) is 47.2 Å². The highest BCUT2D eigenvalue weighted by molar-refractivity contribution is 7.10. The molecule has 8 nitrogen and oxygen atoms in total. The minimum Gasteiger partial charge on any atom is -0.494 e. The van der Waals surface area contributed by atoms with E-state index in [1.165, 1.54) is 11.3 Å². The van der Waals surface area contributed by atoms with Crippen molar-refractivity contribution in [2.75, 3.05) is 13.2 Å². The van der Waals surface area contributed by atoms with Gasteiger partial charge in [0.25, 0.3) is 0 Å². The number of ether oxygens (including phenoxy) is 1. The maximum absolute atomic E-state index is 13.0. The van der Waals surface area contributed by atoms with Crippen LogP contribution in [0.3, 0.4) is 0 Å². The molecule has 3 amide bonds. The molecule has 3 aromatic rings. The molecule has 0 saturated heterocycles. The first-order chi connectivity index (χ1) is 16.9. The number of hydrogen-bond donors (Lipinski definition) is 4. The molecule has 0 bridgehead atoms. The first kappa shape index (κ1) is 25.9. The van der Waals surface area contributed by atoms with Crippen LogP contribution in [0.2, 0.25) is 0 Å². The lowest BCUT2D eigenvalue weighted by atomic mass is 9.97. The molecule has 184 valence electrons. The van der Waals surface area contributed by atoms with Gasteiger partial charge in [-0.2, -0.15) is 0 Å². The van der Waals surface area contributed by atoms with Crippen molar-refractivity contribution in [2.24, 2.45) is 11.5 Å². The number of carbonyl (C=O) groups excluding carboxylic acids is 3. The van der Waals surface area contributed by atoms with Crippen molar-refractivity contribution >= 4 is 29.1 Å². The summed E-state index contributed by atoms with van der Waals surface area (Å²) < 4.78 is 5.41. The quantitative estimate of drug-likeness (QED) is 0.287. The second kappa shape index (κ2) is 12.7. The van der Waals surface area contributed by atoms with Crippen LogP contribution in [-0.2, 0) is 27.5 Å². The Morgan fingerprint density at radius 1 is 0.943 bits per heavy atom. The van der Waals surface area contributed by atoms with Crippen molar-refractivity contribution in [3.63, 3.8) is 0 Å². The summed E-state index contributed by atoms with van der Waals surface area (Å²) in [6.07, 6.45) is 0. The molecule has 0 aliphatic heterocycles. The van der Waals surface area contributed by atoms with Crippen molar-refractivity contribution in [1.29, 1.82) is 0 Å². The highest BCUT2D eigenvalue weighted by Crippen LogP contribution is 2.23. The van der Waals surface area contributed by atoms with E-state index in [0.717, 1.165) is 16.0 Å². The standard InChI is InChI=1S/C26H30N4O4S/c1-2-34-20-11-9-19(10-12-20)23(24(28)31)26(33)30-16-21(22-4-3-13-35-22)25(32)29-15-18-7-5-17(14-27)6-8-18/h3-13,21,23H,2,14-16,27H2,1H3,(H2,28,31)(H,29,32)(H,30,33)/t21-,23-/m1/s1. The molecule has 0 fully saturated rings. The van der Waals surface area contributed by atoms with Gasteiger partial charge in [0.15, 0.2) is 0 Å². The SMILES string of the molecule is CCOc1ccc([C@H](C(N)=O)C(=O)NC[C@@H](C(=O)NCc2ccc(CN)cc2)c2cccs2)cc1. The fourth-order valence-electron chi connectivity index (χ4n) is 3.59. The highest BCUT2D eigenvalue weighted by Gasteiger charge is 2.29. The Kier molecular flexibility index (Phi) is 9.39. The molecule has 0 unspecified atom stereocenters. The van der Waals surface area contributed by atoms with Crippen LogP contribution in [0.25, 0.3) is 0 Å². The van der Waals surface area contributed by atoms with Crippen LogP contribution in [0.5, 0.6) is 5.75 Å². The summed E-state index contributed by atoms with van der Waals surface area (Å²) in [7, 11) is 0. The lowest BCUT2D eigenvalue weighted by Crippen LogP contribution is -2.41. The zero-order chi connectivity index (χ0) is 25.2. The zero-order valence-corrected chi connectivity index (χ0v) is 20.3. The molecule has 9 heteroatoms. The summed E-state index contributed by atoms with van der Waals surface area (Å²) in [5.41, 5.74) is 13.6. The van der Waals surface area contributed by atoms with Gasteiger partial charge in [0, 0.05) is 24.5 Å². The van der Waals surface area contributed by atoms with E-state index in [4.69, 9.17) is 16.2 Å². The molecule has 2 aromatic carbocycles. The number of nitrogens with one attached hydrogen (secondary N) is 2. The smallest absolute Gasteiger partial charge is 0.237 e. The molecule has 2 atom stereocenters. The lowest BCUT2D eigenvalue weighted by Gasteiger charge is -2.19. The molecular formula is C26H30N4O4S. The van der Waals surface area contributed by atoms with Gasteiger partial charge in [0.05, 0.1) is 12.5 Å². The number of amides is 3. The third kappa shape index (κ3) is 7.14. The predicted molar refractivity (Wildman–Crippen MR) is 136 cm³/mol.